The summed E-state index contributed by atoms with van der Waals surface area (Å²) in [5.41, 5.74) is 3.05. The zero-order chi connectivity index (χ0) is 12.4. The van der Waals surface area contributed by atoms with Crippen LogP contribution < -0.4 is 5.32 Å². The molecule has 3 rings (SSSR count). The lowest BCUT2D eigenvalue weighted by Crippen LogP contribution is -2.41. The SMILES string of the molecule is CCC1c2ccccc2CCN1CC1=NCCN1.Cl.Cl. The molecule has 20 heavy (non-hydrogen) atoms. The monoisotopic (exact) mass is 315 g/mol. The van der Waals surface area contributed by atoms with Gasteiger partial charge in [0.2, 0.25) is 0 Å². The van der Waals surface area contributed by atoms with E-state index < -0.39 is 0 Å². The molecule has 0 fully saturated rings. The minimum Gasteiger partial charge on any atom is -0.371 e. The second kappa shape index (κ2) is 7.87. The van der Waals surface area contributed by atoms with E-state index in [1.54, 1.807) is 0 Å². The van der Waals surface area contributed by atoms with Gasteiger partial charge in [-0.25, -0.2) is 0 Å². The normalized spacial score (nSPS) is 21.1. The first-order chi connectivity index (χ1) is 8.88. The summed E-state index contributed by atoms with van der Waals surface area (Å²) in [6.45, 7) is 6.36. The Hall–Kier alpha value is -0.770. The number of aliphatic imine (C=N–C) groups is 1. The largest absolute Gasteiger partial charge is 0.371 e. The average molecular weight is 316 g/mol. The van der Waals surface area contributed by atoms with Crippen LogP contribution in [0.4, 0.5) is 0 Å². The first-order valence-corrected chi connectivity index (χ1v) is 6.97. The number of nitrogens with one attached hydrogen (secondary N) is 1. The van der Waals surface area contributed by atoms with Gasteiger partial charge in [0, 0.05) is 19.1 Å². The van der Waals surface area contributed by atoms with E-state index in [1.165, 1.54) is 29.8 Å². The number of nitrogens with zero attached hydrogens (tertiary/aromatic N) is 2. The molecular weight excluding hydrogens is 293 g/mol. The standard InChI is InChI=1S/C15H21N3.2ClH/c1-2-14-13-6-4-3-5-12(13)7-10-18(14)11-15-16-8-9-17-15;;/h3-6,14H,2,7-11H2,1H3,(H,16,17);2*1H. The molecule has 2 heterocycles. The molecular formula is C15H23Cl2N3. The Morgan fingerprint density at radius 2 is 2.10 bits per heavy atom. The number of amidine groups is 1. The van der Waals surface area contributed by atoms with E-state index in [-0.39, 0.29) is 24.8 Å². The van der Waals surface area contributed by atoms with Gasteiger partial charge < -0.3 is 5.32 Å². The van der Waals surface area contributed by atoms with Gasteiger partial charge in [0.1, 0.15) is 5.84 Å². The second-order valence-electron chi connectivity index (χ2n) is 5.10. The Morgan fingerprint density at radius 1 is 1.30 bits per heavy atom. The van der Waals surface area contributed by atoms with Crippen molar-refractivity contribution >= 4 is 30.6 Å². The lowest BCUT2D eigenvalue weighted by molar-refractivity contribution is 0.206. The molecule has 5 heteroatoms. The predicted octanol–water partition coefficient (Wildman–Crippen LogP) is 2.84. The van der Waals surface area contributed by atoms with E-state index in [0.29, 0.717) is 6.04 Å². The van der Waals surface area contributed by atoms with Gasteiger partial charge in [0.05, 0.1) is 13.1 Å². The van der Waals surface area contributed by atoms with Crippen LogP contribution in [-0.2, 0) is 6.42 Å². The van der Waals surface area contributed by atoms with Crippen LogP contribution in [0.2, 0.25) is 0 Å². The molecule has 0 radical (unpaired) electrons. The maximum Gasteiger partial charge on any atom is 0.111 e. The summed E-state index contributed by atoms with van der Waals surface area (Å²) in [7, 11) is 0. The van der Waals surface area contributed by atoms with Crippen LogP contribution in [0.5, 0.6) is 0 Å². The molecule has 0 saturated carbocycles. The summed E-state index contributed by atoms with van der Waals surface area (Å²) in [5, 5.41) is 3.38. The minimum atomic E-state index is 0. The molecule has 0 spiro atoms. The third kappa shape index (κ3) is 3.46. The number of hydrogen-bond acceptors (Lipinski definition) is 3. The van der Waals surface area contributed by atoms with Crippen LogP contribution >= 0.6 is 24.8 Å². The van der Waals surface area contributed by atoms with E-state index in [9.17, 15) is 0 Å². The fourth-order valence-corrected chi connectivity index (χ4v) is 3.12. The quantitative estimate of drug-likeness (QED) is 0.928. The third-order valence-electron chi connectivity index (χ3n) is 4.01. The fourth-order valence-electron chi connectivity index (χ4n) is 3.12. The molecule has 1 aromatic carbocycles. The Balaban J connectivity index is 0.000001000. The van der Waals surface area contributed by atoms with Gasteiger partial charge in [-0.2, -0.15) is 0 Å². The summed E-state index contributed by atoms with van der Waals surface area (Å²) in [4.78, 5) is 7.09. The topological polar surface area (TPSA) is 27.6 Å². The van der Waals surface area contributed by atoms with Gasteiger partial charge in [-0.1, -0.05) is 31.2 Å². The van der Waals surface area contributed by atoms with Crippen LogP contribution in [0.25, 0.3) is 0 Å². The Labute approximate surface area is 133 Å². The van der Waals surface area contributed by atoms with Gasteiger partial charge in [0.15, 0.2) is 0 Å². The van der Waals surface area contributed by atoms with Crippen LogP contribution in [0.1, 0.15) is 30.5 Å². The highest BCUT2D eigenvalue weighted by atomic mass is 35.5. The molecule has 0 aromatic heterocycles. The third-order valence-corrected chi connectivity index (χ3v) is 4.01. The molecule has 0 bridgehead atoms. The highest BCUT2D eigenvalue weighted by Crippen LogP contribution is 2.31. The van der Waals surface area contributed by atoms with Gasteiger partial charge in [-0.05, 0) is 24.0 Å². The first-order valence-electron chi connectivity index (χ1n) is 6.97. The smallest absolute Gasteiger partial charge is 0.111 e. The lowest BCUT2D eigenvalue weighted by Gasteiger charge is -2.36. The number of rotatable bonds is 3. The van der Waals surface area contributed by atoms with E-state index >= 15 is 0 Å². The Bertz CT molecular complexity index is 462. The van der Waals surface area contributed by atoms with Crippen LogP contribution in [0, 0.1) is 0 Å². The van der Waals surface area contributed by atoms with Gasteiger partial charge in [-0.3, -0.25) is 9.89 Å². The number of halogens is 2. The molecule has 0 amide bonds. The van der Waals surface area contributed by atoms with Crippen molar-refractivity contribution in [3.63, 3.8) is 0 Å². The molecule has 2 aliphatic rings. The zero-order valence-electron chi connectivity index (χ0n) is 11.8. The van der Waals surface area contributed by atoms with Crippen LogP contribution in [-0.4, -0.2) is 36.9 Å². The maximum atomic E-state index is 4.52. The molecule has 0 aliphatic carbocycles. The van der Waals surface area contributed by atoms with Crippen LogP contribution in [0.15, 0.2) is 29.3 Å². The van der Waals surface area contributed by atoms with Gasteiger partial charge in [-0.15, -0.1) is 24.8 Å². The van der Waals surface area contributed by atoms with Crippen molar-refractivity contribution in [3.05, 3.63) is 35.4 Å². The van der Waals surface area contributed by atoms with E-state index in [2.05, 4.69) is 46.4 Å². The summed E-state index contributed by atoms with van der Waals surface area (Å²) in [5.74, 6) is 1.17. The Morgan fingerprint density at radius 3 is 2.80 bits per heavy atom. The highest BCUT2D eigenvalue weighted by Gasteiger charge is 2.26. The first kappa shape index (κ1) is 17.3. The molecule has 1 atom stereocenters. The summed E-state index contributed by atoms with van der Waals surface area (Å²) in [6.07, 6.45) is 2.34. The van der Waals surface area contributed by atoms with Crippen molar-refractivity contribution in [3.8, 4) is 0 Å². The molecule has 2 aliphatic heterocycles. The number of fused-ring (bicyclic) bond motifs is 1. The van der Waals surface area contributed by atoms with Crippen molar-refractivity contribution in [1.29, 1.82) is 0 Å². The van der Waals surface area contributed by atoms with Crippen molar-refractivity contribution in [2.75, 3.05) is 26.2 Å². The molecule has 3 nitrogen and oxygen atoms in total. The predicted molar refractivity (Wildman–Crippen MR) is 89.6 cm³/mol. The number of benzene rings is 1. The van der Waals surface area contributed by atoms with Crippen molar-refractivity contribution in [2.24, 2.45) is 4.99 Å². The molecule has 1 aromatic rings. The molecule has 112 valence electrons. The molecule has 1 unspecified atom stereocenters. The van der Waals surface area contributed by atoms with Gasteiger partial charge in [0.25, 0.3) is 0 Å². The van der Waals surface area contributed by atoms with Crippen molar-refractivity contribution in [1.82, 2.24) is 10.2 Å². The minimum absolute atomic E-state index is 0. The molecule has 1 N–H and O–H groups in total. The van der Waals surface area contributed by atoms with Crippen molar-refractivity contribution < 1.29 is 0 Å². The Kier molecular flexibility index (Phi) is 6.80. The number of hydrogen-bond donors (Lipinski definition) is 1. The van der Waals surface area contributed by atoms with E-state index in [1.807, 2.05) is 0 Å². The summed E-state index contributed by atoms with van der Waals surface area (Å²) >= 11 is 0. The summed E-state index contributed by atoms with van der Waals surface area (Å²) < 4.78 is 0. The maximum absolute atomic E-state index is 4.52. The van der Waals surface area contributed by atoms with Crippen LogP contribution in [0.3, 0.4) is 0 Å². The second-order valence-corrected chi connectivity index (χ2v) is 5.10. The van der Waals surface area contributed by atoms with E-state index in [0.717, 1.165) is 26.2 Å². The molecule has 0 saturated heterocycles. The average Bonchev–Trinajstić information content (AvgIpc) is 2.91. The lowest BCUT2D eigenvalue weighted by atomic mass is 9.91. The highest BCUT2D eigenvalue weighted by molar-refractivity contribution is 5.86. The van der Waals surface area contributed by atoms with Gasteiger partial charge >= 0.3 is 0 Å². The van der Waals surface area contributed by atoms with Crippen molar-refractivity contribution in [2.45, 2.75) is 25.8 Å². The fraction of sp³-hybridized carbons (Fsp3) is 0.533. The van der Waals surface area contributed by atoms with E-state index in [4.69, 9.17) is 0 Å². The summed E-state index contributed by atoms with van der Waals surface area (Å²) in [6, 6.07) is 9.44. The zero-order valence-corrected chi connectivity index (χ0v) is 13.5.